The number of nitrogens with zero attached hydrogens (tertiary/aromatic N) is 1. The summed E-state index contributed by atoms with van der Waals surface area (Å²) in [5, 5.41) is 12.7. The van der Waals surface area contributed by atoms with Crippen molar-refractivity contribution >= 4 is 28.3 Å². The van der Waals surface area contributed by atoms with Gasteiger partial charge in [0.05, 0.1) is 18.3 Å². The Bertz CT molecular complexity index is 1220. The number of hydrogen-bond acceptors (Lipinski definition) is 6. The van der Waals surface area contributed by atoms with Gasteiger partial charge in [-0.25, -0.2) is 13.2 Å². The van der Waals surface area contributed by atoms with Crippen molar-refractivity contribution in [2.24, 2.45) is 28.6 Å². The largest absolute Gasteiger partial charge is 0.390 e. The van der Waals surface area contributed by atoms with E-state index >= 15 is 4.39 Å². The van der Waals surface area contributed by atoms with Crippen LogP contribution in [-0.2, 0) is 14.4 Å². The van der Waals surface area contributed by atoms with Crippen LogP contribution >= 0.6 is 11.8 Å². The Morgan fingerprint density at radius 1 is 1.24 bits per heavy atom. The molecular weight excluding hydrogens is 503 g/mol. The number of hydrogen-bond donors (Lipinski definition) is 1. The molecule has 9 heteroatoms. The molecular formula is C28H30F3NO4S. The Kier molecular flexibility index (Phi) is 5.58. The molecule has 3 saturated carbocycles. The zero-order valence-corrected chi connectivity index (χ0v) is 21.6. The number of carbonyl (C=O) groups is 2. The molecule has 0 unspecified atom stereocenters. The number of anilines is 1. The lowest BCUT2D eigenvalue weighted by Gasteiger charge is -2.62. The Hall–Kier alpha value is -2.10. The minimum atomic E-state index is -2.02. The smallest absolute Gasteiger partial charge is 0.226 e. The molecule has 6 rings (SSSR count). The summed E-state index contributed by atoms with van der Waals surface area (Å²) in [6.45, 7) is 3.94. The second-order valence-electron chi connectivity index (χ2n) is 11.6. The highest BCUT2D eigenvalue weighted by Crippen LogP contribution is 2.73. The summed E-state index contributed by atoms with van der Waals surface area (Å²) in [5.41, 5.74) is -4.31. The van der Waals surface area contributed by atoms with E-state index in [-0.39, 0.29) is 24.0 Å². The first-order chi connectivity index (χ1) is 17.5. The molecule has 0 spiro atoms. The Labute approximate surface area is 218 Å². The van der Waals surface area contributed by atoms with Gasteiger partial charge in [-0.05, 0) is 74.9 Å². The first kappa shape index (κ1) is 25.2. The van der Waals surface area contributed by atoms with Crippen molar-refractivity contribution in [1.29, 1.82) is 0 Å². The molecule has 198 valence electrons. The van der Waals surface area contributed by atoms with Crippen molar-refractivity contribution in [2.45, 2.75) is 56.9 Å². The Balaban J connectivity index is 1.43. The monoisotopic (exact) mass is 533 g/mol. The maximum atomic E-state index is 17.4. The van der Waals surface area contributed by atoms with Crippen molar-refractivity contribution in [2.75, 3.05) is 17.6 Å². The molecule has 4 fully saturated rings. The van der Waals surface area contributed by atoms with E-state index < -0.39 is 51.1 Å². The van der Waals surface area contributed by atoms with Crippen LogP contribution in [0.1, 0.15) is 39.5 Å². The van der Waals surface area contributed by atoms with Crippen molar-refractivity contribution in [3.05, 3.63) is 53.9 Å². The predicted molar refractivity (Wildman–Crippen MR) is 133 cm³/mol. The summed E-state index contributed by atoms with van der Waals surface area (Å²) in [7, 11) is 0. The summed E-state index contributed by atoms with van der Waals surface area (Å²) in [4.78, 5) is 32.2. The minimum absolute atomic E-state index is 0.0400. The topological polar surface area (TPSA) is 66.8 Å². The summed E-state index contributed by atoms with van der Waals surface area (Å²) < 4.78 is 44.5. The summed E-state index contributed by atoms with van der Waals surface area (Å²) in [5.74, 6) is -1.81. The molecule has 1 aromatic rings. The molecule has 5 aliphatic rings. The number of halogens is 3. The lowest BCUT2D eigenvalue weighted by atomic mass is 9.45. The van der Waals surface area contributed by atoms with Crippen LogP contribution in [0.25, 0.3) is 0 Å². The van der Waals surface area contributed by atoms with Gasteiger partial charge in [0, 0.05) is 22.7 Å². The molecule has 0 radical (unpaired) electrons. The first-order valence-electron chi connectivity index (χ1n) is 12.8. The fraction of sp³-hybridized carbons (Fsp3) is 0.571. The number of ketones is 1. The van der Waals surface area contributed by atoms with E-state index in [0.29, 0.717) is 48.8 Å². The molecule has 0 bridgehead atoms. The zero-order chi connectivity index (χ0) is 26.4. The molecule has 37 heavy (non-hydrogen) atoms. The summed E-state index contributed by atoms with van der Waals surface area (Å²) >= 11 is 0.547. The van der Waals surface area contributed by atoms with Gasteiger partial charge in [0.15, 0.2) is 17.1 Å². The van der Waals surface area contributed by atoms with Crippen molar-refractivity contribution < 1.29 is 32.7 Å². The van der Waals surface area contributed by atoms with Gasteiger partial charge in [-0.15, -0.1) is 0 Å². The molecule has 5 nitrogen and oxygen atoms in total. The fourth-order valence-electron chi connectivity index (χ4n) is 8.51. The average molecular weight is 534 g/mol. The van der Waals surface area contributed by atoms with Crippen LogP contribution in [0, 0.1) is 34.4 Å². The van der Waals surface area contributed by atoms with Crippen molar-refractivity contribution in [3.63, 3.8) is 0 Å². The highest BCUT2D eigenvalue weighted by molar-refractivity contribution is 8.13. The lowest BCUT2D eigenvalue weighted by molar-refractivity contribution is -0.220. The van der Waals surface area contributed by atoms with Gasteiger partial charge in [-0.3, -0.25) is 19.5 Å². The molecule has 1 saturated heterocycles. The maximum Gasteiger partial charge on any atom is 0.226 e. The van der Waals surface area contributed by atoms with Gasteiger partial charge in [0.25, 0.3) is 0 Å². The zero-order valence-electron chi connectivity index (χ0n) is 20.8. The number of allylic oxidation sites excluding steroid dienone is 4. The highest BCUT2D eigenvalue weighted by atomic mass is 32.2. The van der Waals surface area contributed by atoms with Crippen LogP contribution in [0.4, 0.5) is 18.9 Å². The molecule has 1 aliphatic heterocycles. The third kappa shape index (κ3) is 3.08. The average Bonchev–Trinajstić information content (AvgIpc) is 3.35. The van der Waals surface area contributed by atoms with Crippen LogP contribution < -0.4 is 5.06 Å². The number of carbonyl (C=O) groups excluding carboxylic acids is 2. The fourth-order valence-corrected chi connectivity index (χ4v) is 9.26. The molecule has 4 aliphatic carbocycles. The molecule has 1 aromatic carbocycles. The summed E-state index contributed by atoms with van der Waals surface area (Å²) in [6.07, 6.45) is 4.45. The van der Waals surface area contributed by atoms with Crippen LogP contribution in [0.5, 0.6) is 0 Å². The van der Waals surface area contributed by atoms with Crippen LogP contribution in [0.2, 0.25) is 0 Å². The third-order valence-corrected chi connectivity index (χ3v) is 10.9. The van der Waals surface area contributed by atoms with Gasteiger partial charge < -0.3 is 5.11 Å². The Morgan fingerprint density at radius 3 is 2.68 bits per heavy atom. The molecule has 8 atom stereocenters. The number of benzene rings is 1. The second-order valence-corrected chi connectivity index (χ2v) is 12.5. The lowest BCUT2D eigenvalue weighted by Crippen LogP contribution is -2.69. The first-order valence-corrected chi connectivity index (χ1v) is 13.8. The minimum Gasteiger partial charge on any atom is -0.390 e. The number of rotatable bonds is 3. The number of hydroxylamine groups is 1. The van der Waals surface area contributed by atoms with E-state index in [1.54, 1.807) is 30.2 Å². The molecule has 1 N–H and O–H groups in total. The van der Waals surface area contributed by atoms with Gasteiger partial charge in [-0.1, -0.05) is 30.3 Å². The normalized spacial score (nSPS) is 44.1. The van der Waals surface area contributed by atoms with Gasteiger partial charge in [0.2, 0.25) is 5.12 Å². The predicted octanol–water partition coefficient (Wildman–Crippen LogP) is 5.10. The maximum absolute atomic E-state index is 17.4. The standard InChI is InChI=1S/C28H30F3NO4S/c1-25-10-9-20(33)11-16(25)3-8-21-22-12-17-14-32(19-6-4-18(30)5-7-19)36-28(17,24(35)37-15-29)26(22,2)13-23(34)27(21,25)31/h4-7,9-11,17,21-23,34H,3,8,12-15H2,1-2H3/t17-,21-,22-,23-,25-,26-,27-,28-/m0/s1. The van der Waals surface area contributed by atoms with E-state index in [1.807, 2.05) is 6.92 Å². The van der Waals surface area contributed by atoms with Crippen LogP contribution in [0.15, 0.2) is 48.1 Å². The second kappa shape index (κ2) is 8.20. The SMILES string of the molecule is C[C@]12C=CC(=O)C=C1CC[C@H]1[C@@H]3C[C@H]4CN(c5ccc(F)cc5)O[C@@]4(C(=O)SCF)[C@@]3(C)C[C@H](O)[C@@]12F. The van der Waals surface area contributed by atoms with E-state index in [4.69, 9.17) is 4.84 Å². The van der Waals surface area contributed by atoms with Crippen LogP contribution in [0.3, 0.4) is 0 Å². The van der Waals surface area contributed by atoms with Gasteiger partial charge >= 0.3 is 0 Å². The Morgan fingerprint density at radius 2 is 1.97 bits per heavy atom. The number of aliphatic hydroxyl groups is 1. The quantitative estimate of drug-likeness (QED) is 0.583. The number of aliphatic hydroxyl groups excluding tert-OH is 1. The van der Waals surface area contributed by atoms with Crippen molar-refractivity contribution in [3.8, 4) is 0 Å². The summed E-state index contributed by atoms with van der Waals surface area (Å²) in [6, 6.07) is 4.81. The van der Waals surface area contributed by atoms with E-state index in [1.165, 1.54) is 24.3 Å². The number of thioether (sulfide) groups is 1. The van der Waals surface area contributed by atoms with E-state index in [9.17, 15) is 23.5 Å². The molecule has 0 aromatic heterocycles. The van der Waals surface area contributed by atoms with E-state index in [0.717, 1.165) is 0 Å². The van der Waals surface area contributed by atoms with Gasteiger partial charge in [-0.2, -0.15) is 0 Å². The third-order valence-electron chi connectivity index (χ3n) is 10.2. The van der Waals surface area contributed by atoms with Crippen molar-refractivity contribution in [1.82, 2.24) is 0 Å². The van der Waals surface area contributed by atoms with E-state index in [2.05, 4.69) is 0 Å². The number of alkyl halides is 2. The van der Waals surface area contributed by atoms with Gasteiger partial charge in [0.1, 0.15) is 11.8 Å². The molecule has 1 heterocycles. The number of fused-ring (bicyclic) bond motifs is 7. The molecule has 0 amide bonds. The highest BCUT2D eigenvalue weighted by Gasteiger charge is 2.79. The van der Waals surface area contributed by atoms with Crippen LogP contribution in [-0.4, -0.2) is 45.9 Å².